The number of anilines is 1. The van der Waals surface area contributed by atoms with Crippen molar-refractivity contribution in [3.63, 3.8) is 0 Å². The zero-order valence-electron chi connectivity index (χ0n) is 9.47. The second-order valence-corrected chi connectivity index (χ2v) is 4.11. The monoisotopic (exact) mass is 226 g/mol. The summed E-state index contributed by atoms with van der Waals surface area (Å²) in [6.45, 7) is 0.759. The van der Waals surface area contributed by atoms with Crippen molar-refractivity contribution >= 4 is 5.69 Å². The molecule has 2 heterocycles. The van der Waals surface area contributed by atoms with E-state index < -0.39 is 0 Å². The van der Waals surface area contributed by atoms with Gasteiger partial charge < -0.3 is 10.1 Å². The van der Waals surface area contributed by atoms with Crippen LogP contribution < -0.4 is 10.1 Å². The molecule has 0 bridgehead atoms. The summed E-state index contributed by atoms with van der Waals surface area (Å²) < 4.78 is 5.64. The summed E-state index contributed by atoms with van der Waals surface area (Å²) in [7, 11) is 0. The second kappa shape index (κ2) is 4.45. The topological polar surface area (TPSA) is 34.2 Å². The van der Waals surface area contributed by atoms with Crippen molar-refractivity contribution in [1.82, 2.24) is 4.98 Å². The van der Waals surface area contributed by atoms with E-state index >= 15 is 0 Å². The Morgan fingerprint density at radius 1 is 1.18 bits per heavy atom. The number of hydrogen-bond acceptors (Lipinski definition) is 3. The lowest BCUT2D eigenvalue weighted by atomic mass is 10.0. The van der Waals surface area contributed by atoms with E-state index in [9.17, 15) is 0 Å². The molecule has 0 amide bonds. The maximum Gasteiger partial charge on any atom is 0.124 e. The Kier molecular flexibility index (Phi) is 2.66. The van der Waals surface area contributed by atoms with E-state index in [0.29, 0.717) is 6.04 Å². The van der Waals surface area contributed by atoms with Crippen molar-refractivity contribution in [2.75, 3.05) is 11.9 Å². The molecule has 3 heteroatoms. The van der Waals surface area contributed by atoms with Crippen LogP contribution in [0.5, 0.6) is 5.75 Å². The highest BCUT2D eigenvalue weighted by atomic mass is 16.5. The van der Waals surface area contributed by atoms with Crippen molar-refractivity contribution in [3.8, 4) is 5.75 Å². The molecular weight excluding hydrogens is 212 g/mol. The Hall–Kier alpha value is -2.03. The molecule has 3 nitrogen and oxygen atoms in total. The third-order valence-electron chi connectivity index (χ3n) is 2.96. The van der Waals surface area contributed by atoms with E-state index in [1.54, 1.807) is 6.20 Å². The molecule has 1 aromatic carbocycles. The minimum absolute atomic E-state index is 0.309. The van der Waals surface area contributed by atoms with Gasteiger partial charge in [-0.15, -0.1) is 0 Å². The lowest BCUT2D eigenvalue weighted by Crippen LogP contribution is -2.20. The molecule has 0 saturated carbocycles. The molecule has 0 spiro atoms. The lowest BCUT2D eigenvalue weighted by Gasteiger charge is -2.27. The number of nitrogens with zero attached hydrogens (tertiary/aromatic N) is 1. The van der Waals surface area contributed by atoms with Crippen LogP contribution >= 0.6 is 0 Å². The Bertz CT molecular complexity index is 499. The number of para-hydroxylation sites is 1. The fourth-order valence-corrected chi connectivity index (χ4v) is 2.14. The Morgan fingerprint density at radius 2 is 2.12 bits per heavy atom. The Labute approximate surface area is 100 Å². The van der Waals surface area contributed by atoms with Crippen molar-refractivity contribution < 1.29 is 4.74 Å². The van der Waals surface area contributed by atoms with Crippen LogP contribution in [0.1, 0.15) is 18.0 Å². The van der Waals surface area contributed by atoms with Gasteiger partial charge in [0.25, 0.3) is 0 Å². The quantitative estimate of drug-likeness (QED) is 0.854. The Morgan fingerprint density at radius 3 is 3.00 bits per heavy atom. The van der Waals surface area contributed by atoms with E-state index in [1.807, 2.05) is 36.5 Å². The van der Waals surface area contributed by atoms with Crippen LogP contribution in [0, 0.1) is 0 Å². The van der Waals surface area contributed by atoms with Crippen LogP contribution in [0.2, 0.25) is 0 Å². The number of fused-ring (bicyclic) bond motifs is 1. The van der Waals surface area contributed by atoms with E-state index in [1.165, 1.54) is 5.56 Å². The van der Waals surface area contributed by atoms with Gasteiger partial charge in [0.2, 0.25) is 0 Å². The predicted molar refractivity (Wildman–Crippen MR) is 67.2 cm³/mol. The van der Waals surface area contributed by atoms with Gasteiger partial charge in [0, 0.05) is 24.4 Å². The fraction of sp³-hybridized carbons (Fsp3) is 0.214. The van der Waals surface area contributed by atoms with Crippen molar-refractivity contribution in [1.29, 1.82) is 0 Å². The van der Waals surface area contributed by atoms with Gasteiger partial charge in [0.05, 0.1) is 18.3 Å². The average Bonchev–Trinajstić information content (AvgIpc) is 2.40. The number of hydrogen-bond donors (Lipinski definition) is 1. The van der Waals surface area contributed by atoms with E-state index in [-0.39, 0.29) is 0 Å². The van der Waals surface area contributed by atoms with E-state index in [0.717, 1.165) is 24.5 Å². The lowest BCUT2D eigenvalue weighted by molar-refractivity contribution is 0.274. The normalized spacial score (nSPS) is 18.0. The second-order valence-electron chi connectivity index (χ2n) is 4.11. The number of rotatable bonds is 2. The first-order valence-corrected chi connectivity index (χ1v) is 5.82. The molecule has 1 N–H and O–H groups in total. The van der Waals surface area contributed by atoms with Crippen molar-refractivity contribution in [2.24, 2.45) is 0 Å². The van der Waals surface area contributed by atoms with Gasteiger partial charge in [0.15, 0.2) is 0 Å². The minimum atomic E-state index is 0.309. The third kappa shape index (κ3) is 2.09. The highest BCUT2D eigenvalue weighted by Gasteiger charge is 2.20. The van der Waals surface area contributed by atoms with Gasteiger partial charge in [-0.1, -0.05) is 18.2 Å². The van der Waals surface area contributed by atoms with Crippen molar-refractivity contribution in [3.05, 3.63) is 54.4 Å². The average molecular weight is 226 g/mol. The first-order valence-electron chi connectivity index (χ1n) is 5.82. The molecule has 1 atom stereocenters. The molecule has 1 aromatic heterocycles. The summed E-state index contributed by atoms with van der Waals surface area (Å²) in [4.78, 5) is 4.11. The van der Waals surface area contributed by atoms with Gasteiger partial charge in [0.1, 0.15) is 5.75 Å². The summed E-state index contributed by atoms with van der Waals surface area (Å²) >= 11 is 0. The molecular formula is C14H14N2O. The zero-order valence-corrected chi connectivity index (χ0v) is 9.47. The number of aromatic nitrogens is 1. The van der Waals surface area contributed by atoms with Crippen LogP contribution in [0.4, 0.5) is 5.69 Å². The summed E-state index contributed by atoms with van der Waals surface area (Å²) in [5, 5.41) is 3.49. The van der Waals surface area contributed by atoms with Crippen LogP contribution in [0.3, 0.4) is 0 Å². The largest absolute Gasteiger partial charge is 0.493 e. The smallest absolute Gasteiger partial charge is 0.124 e. The van der Waals surface area contributed by atoms with E-state index in [2.05, 4.69) is 16.4 Å². The number of pyridine rings is 1. The molecule has 0 saturated heterocycles. The van der Waals surface area contributed by atoms with Gasteiger partial charge >= 0.3 is 0 Å². The standard InChI is InChI=1S/C14H14N2O/c1-2-6-14-12(5-1)13(7-9-17-14)16-11-4-3-8-15-10-11/h1-6,8,10,13,16H,7,9H2. The van der Waals surface area contributed by atoms with Crippen LogP contribution in [-0.2, 0) is 0 Å². The molecule has 2 aromatic rings. The number of benzene rings is 1. The van der Waals surface area contributed by atoms with Gasteiger partial charge in [-0.25, -0.2) is 0 Å². The molecule has 3 rings (SSSR count). The van der Waals surface area contributed by atoms with Crippen LogP contribution in [0.15, 0.2) is 48.8 Å². The van der Waals surface area contributed by atoms with Crippen LogP contribution in [0.25, 0.3) is 0 Å². The molecule has 86 valence electrons. The maximum atomic E-state index is 5.64. The Balaban J connectivity index is 1.86. The molecule has 0 fully saturated rings. The third-order valence-corrected chi connectivity index (χ3v) is 2.96. The molecule has 0 radical (unpaired) electrons. The van der Waals surface area contributed by atoms with E-state index in [4.69, 9.17) is 4.74 Å². The predicted octanol–water partition coefficient (Wildman–Crippen LogP) is 3.02. The van der Waals surface area contributed by atoms with Crippen LogP contribution in [-0.4, -0.2) is 11.6 Å². The molecule has 1 aliphatic rings. The first-order chi connectivity index (χ1) is 8.43. The highest BCUT2D eigenvalue weighted by molar-refractivity contribution is 5.46. The zero-order chi connectivity index (χ0) is 11.5. The summed E-state index contributed by atoms with van der Waals surface area (Å²) in [6, 6.07) is 12.5. The van der Waals surface area contributed by atoms with Gasteiger partial charge in [-0.2, -0.15) is 0 Å². The van der Waals surface area contributed by atoms with Crippen molar-refractivity contribution in [2.45, 2.75) is 12.5 Å². The maximum absolute atomic E-state index is 5.64. The molecule has 1 unspecified atom stereocenters. The number of ether oxygens (including phenoxy) is 1. The summed E-state index contributed by atoms with van der Waals surface area (Å²) in [5.41, 5.74) is 2.27. The minimum Gasteiger partial charge on any atom is -0.493 e. The summed E-state index contributed by atoms with van der Waals surface area (Å²) in [5.74, 6) is 0.986. The van der Waals surface area contributed by atoms with Gasteiger partial charge in [-0.05, 0) is 18.2 Å². The number of nitrogens with one attached hydrogen (secondary N) is 1. The first kappa shape index (κ1) is 10.1. The fourth-order valence-electron chi connectivity index (χ4n) is 2.14. The highest BCUT2D eigenvalue weighted by Crippen LogP contribution is 2.33. The van der Waals surface area contributed by atoms with Gasteiger partial charge in [-0.3, -0.25) is 4.98 Å². The summed E-state index contributed by atoms with van der Waals surface area (Å²) in [6.07, 6.45) is 4.60. The SMILES string of the molecule is c1cncc(NC2CCOc3ccccc32)c1. The molecule has 17 heavy (non-hydrogen) atoms. The molecule has 1 aliphatic heterocycles. The molecule has 0 aliphatic carbocycles.